The molecule has 1 aliphatic rings. The van der Waals surface area contributed by atoms with Crippen LogP contribution in [-0.2, 0) is 14.3 Å². The molecule has 0 fully saturated rings. The molecule has 0 radical (unpaired) electrons. The largest absolute Gasteiger partial charge is 0.346 e. The average Bonchev–Trinajstić information content (AvgIpc) is 2.27. The highest BCUT2D eigenvalue weighted by Crippen LogP contribution is 2.22. The van der Waals surface area contributed by atoms with E-state index in [1.165, 1.54) is 0 Å². The lowest BCUT2D eigenvalue weighted by molar-refractivity contribution is -0.154. The first-order chi connectivity index (χ1) is 6.76. The van der Waals surface area contributed by atoms with Crippen LogP contribution in [0.15, 0.2) is 24.3 Å². The summed E-state index contributed by atoms with van der Waals surface area (Å²) in [7, 11) is 1.59. The van der Waals surface area contributed by atoms with E-state index in [0.29, 0.717) is 6.61 Å². The minimum atomic E-state index is -0.768. The third kappa shape index (κ3) is 2.53. The van der Waals surface area contributed by atoms with E-state index in [1.54, 1.807) is 31.4 Å². The molecule has 0 saturated heterocycles. The van der Waals surface area contributed by atoms with Crippen LogP contribution in [0.5, 0.6) is 0 Å². The van der Waals surface area contributed by atoms with E-state index in [2.05, 4.69) is 0 Å². The molecule has 0 saturated carbocycles. The van der Waals surface area contributed by atoms with Gasteiger partial charge < -0.3 is 14.3 Å². The first-order valence-corrected chi connectivity index (χ1v) is 4.79. The fourth-order valence-electron chi connectivity index (χ4n) is 1.25. The van der Waals surface area contributed by atoms with E-state index < -0.39 is 5.79 Å². The smallest absolute Gasteiger partial charge is 0.207 e. The van der Waals surface area contributed by atoms with E-state index >= 15 is 0 Å². The summed E-state index contributed by atoms with van der Waals surface area (Å²) >= 11 is 0. The fourth-order valence-corrected chi connectivity index (χ4v) is 1.25. The lowest BCUT2D eigenvalue weighted by atomic mass is 10.0. The maximum Gasteiger partial charge on any atom is 0.207 e. The van der Waals surface area contributed by atoms with Crippen LogP contribution >= 0.6 is 0 Å². The van der Waals surface area contributed by atoms with E-state index in [-0.39, 0.29) is 5.92 Å². The van der Waals surface area contributed by atoms with Gasteiger partial charge in [0.1, 0.15) is 6.29 Å². The Morgan fingerprint density at radius 2 is 2.07 bits per heavy atom. The van der Waals surface area contributed by atoms with Gasteiger partial charge in [0.25, 0.3) is 0 Å². The van der Waals surface area contributed by atoms with E-state index in [1.807, 2.05) is 6.92 Å². The second kappa shape index (κ2) is 5.08. The van der Waals surface area contributed by atoms with E-state index in [0.717, 1.165) is 12.7 Å². The summed E-state index contributed by atoms with van der Waals surface area (Å²) in [5.41, 5.74) is 0. The number of allylic oxidation sites excluding steroid dienone is 2. The predicted octanol–water partition coefficient (Wildman–Crippen LogP) is 1.70. The Morgan fingerprint density at radius 1 is 1.43 bits per heavy atom. The normalized spacial score (nSPS) is 30.6. The van der Waals surface area contributed by atoms with Gasteiger partial charge in [0.05, 0.1) is 12.5 Å². The Hall–Kier alpha value is -0.930. The van der Waals surface area contributed by atoms with Gasteiger partial charge >= 0.3 is 0 Å². The number of aldehydes is 1. The van der Waals surface area contributed by atoms with Gasteiger partial charge in [-0.05, 0) is 18.6 Å². The van der Waals surface area contributed by atoms with Crippen LogP contribution in [0.2, 0.25) is 0 Å². The summed E-state index contributed by atoms with van der Waals surface area (Å²) in [5, 5.41) is 0. The highest BCUT2D eigenvalue weighted by atomic mass is 16.7. The lowest BCUT2D eigenvalue weighted by Crippen LogP contribution is -2.32. The third-order valence-electron chi connectivity index (χ3n) is 2.11. The Bertz CT molecular complexity index is 229. The van der Waals surface area contributed by atoms with E-state index in [9.17, 15) is 4.79 Å². The molecule has 1 aliphatic carbocycles. The Balaban J connectivity index is 2.64. The van der Waals surface area contributed by atoms with Gasteiger partial charge in [0.15, 0.2) is 0 Å². The molecule has 0 bridgehead atoms. The van der Waals surface area contributed by atoms with Crippen molar-refractivity contribution in [2.24, 2.45) is 5.92 Å². The van der Waals surface area contributed by atoms with Crippen molar-refractivity contribution >= 4 is 6.29 Å². The summed E-state index contributed by atoms with van der Waals surface area (Å²) in [6.45, 7) is 2.67. The van der Waals surface area contributed by atoms with Gasteiger partial charge in [-0.2, -0.15) is 0 Å². The van der Waals surface area contributed by atoms with Crippen LogP contribution in [0, 0.1) is 5.92 Å². The standard InChI is InChI=1S/C11H16O3/c1-3-8-14-11(13-2)6-4-10(9-12)5-7-11/h4-7,9-10H,3,8H2,1-2H3. The highest BCUT2D eigenvalue weighted by Gasteiger charge is 2.26. The molecule has 3 nitrogen and oxygen atoms in total. The number of rotatable bonds is 5. The summed E-state index contributed by atoms with van der Waals surface area (Å²) in [6.07, 6.45) is 8.94. The molecule has 78 valence electrons. The quantitative estimate of drug-likeness (QED) is 0.381. The average molecular weight is 196 g/mol. The van der Waals surface area contributed by atoms with Gasteiger partial charge in [-0.1, -0.05) is 19.1 Å². The summed E-state index contributed by atoms with van der Waals surface area (Å²) in [4.78, 5) is 10.5. The van der Waals surface area contributed by atoms with Crippen LogP contribution in [0.25, 0.3) is 0 Å². The zero-order valence-corrected chi connectivity index (χ0v) is 8.60. The fraction of sp³-hybridized carbons (Fsp3) is 0.545. The van der Waals surface area contributed by atoms with Crippen molar-refractivity contribution in [2.75, 3.05) is 13.7 Å². The molecule has 3 heteroatoms. The van der Waals surface area contributed by atoms with E-state index in [4.69, 9.17) is 9.47 Å². The van der Waals surface area contributed by atoms with Gasteiger partial charge in [0, 0.05) is 7.11 Å². The van der Waals surface area contributed by atoms with Crippen molar-refractivity contribution in [3.8, 4) is 0 Å². The van der Waals surface area contributed by atoms with Gasteiger partial charge in [-0.15, -0.1) is 0 Å². The number of hydrogen-bond acceptors (Lipinski definition) is 3. The van der Waals surface area contributed by atoms with Crippen molar-refractivity contribution < 1.29 is 14.3 Å². The molecule has 0 aromatic rings. The summed E-state index contributed by atoms with van der Waals surface area (Å²) < 4.78 is 10.8. The first-order valence-electron chi connectivity index (χ1n) is 4.79. The summed E-state index contributed by atoms with van der Waals surface area (Å²) in [5.74, 6) is -0.918. The molecular weight excluding hydrogens is 180 g/mol. The Labute approximate surface area is 84.4 Å². The second-order valence-electron chi connectivity index (χ2n) is 3.21. The molecule has 14 heavy (non-hydrogen) atoms. The van der Waals surface area contributed by atoms with Crippen LogP contribution in [0.3, 0.4) is 0 Å². The molecule has 0 aromatic carbocycles. The molecule has 0 unspecified atom stereocenters. The number of carbonyl (C=O) groups excluding carboxylic acids is 1. The number of carbonyl (C=O) groups is 1. The zero-order chi connectivity index (χ0) is 10.4. The maximum atomic E-state index is 10.5. The topological polar surface area (TPSA) is 35.5 Å². The first kappa shape index (κ1) is 11.1. The molecule has 0 amide bonds. The molecule has 1 rings (SSSR count). The van der Waals surface area contributed by atoms with Crippen molar-refractivity contribution in [3.05, 3.63) is 24.3 Å². The predicted molar refractivity (Wildman–Crippen MR) is 53.8 cm³/mol. The van der Waals surface area contributed by atoms with Crippen molar-refractivity contribution in [1.82, 2.24) is 0 Å². The van der Waals surface area contributed by atoms with Crippen molar-refractivity contribution in [2.45, 2.75) is 19.1 Å². The van der Waals surface area contributed by atoms with Crippen molar-refractivity contribution in [1.29, 1.82) is 0 Å². The van der Waals surface area contributed by atoms with Gasteiger partial charge in [-0.25, -0.2) is 0 Å². The second-order valence-corrected chi connectivity index (χ2v) is 3.21. The molecule has 0 heterocycles. The van der Waals surface area contributed by atoms with Crippen molar-refractivity contribution in [3.63, 3.8) is 0 Å². The minimum Gasteiger partial charge on any atom is -0.346 e. The maximum absolute atomic E-state index is 10.5. The number of hydrogen-bond donors (Lipinski definition) is 0. The lowest BCUT2D eigenvalue weighted by Gasteiger charge is -2.28. The third-order valence-corrected chi connectivity index (χ3v) is 2.11. The molecule has 0 atom stereocenters. The zero-order valence-electron chi connectivity index (χ0n) is 8.60. The monoisotopic (exact) mass is 196 g/mol. The Kier molecular flexibility index (Phi) is 4.04. The molecular formula is C11H16O3. The van der Waals surface area contributed by atoms with Gasteiger partial charge in [0.2, 0.25) is 5.79 Å². The SMILES string of the molecule is CCCOC1(OC)C=CC(C=O)C=C1. The number of ether oxygens (including phenoxy) is 2. The van der Waals surface area contributed by atoms with Crippen LogP contribution in [-0.4, -0.2) is 25.8 Å². The number of methoxy groups -OCH3 is 1. The van der Waals surface area contributed by atoms with Gasteiger partial charge in [-0.3, -0.25) is 0 Å². The molecule has 0 aliphatic heterocycles. The molecule has 0 N–H and O–H groups in total. The van der Waals surface area contributed by atoms with Crippen LogP contribution < -0.4 is 0 Å². The highest BCUT2D eigenvalue weighted by molar-refractivity contribution is 5.60. The van der Waals surface area contributed by atoms with Crippen LogP contribution in [0.1, 0.15) is 13.3 Å². The van der Waals surface area contributed by atoms with Crippen LogP contribution in [0.4, 0.5) is 0 Å². The molecule has 0 spiro atoms. The summed E-state index contributed by atoms with van der Waals surface area (Å²) in [6, 6.07) is 0. The Morgan fingerprint density at radius 3 is 2.50 bits per heavy atom. The minimum absolute atomic E-state index is 0.150. The molecule has 0 aromatic heterocycles.